The van der Waals surface area contributed by atoms with Gasteiger partial charge in [-0.2, -0.15) is 0 Å². The molecule has 10 heteroatoms. The molecule has 5 rings (SSSR count). The first-order valence-electron chi connectivity index (χ1n) is 13.7. The average molecular weight is 545 g/mol. The summed E-state index contributed by atoms with van der Waals surface area (Å²) in [6, 6.07) is 11.8. The molecule has 3 N–H and O–H groups in total. The number of aryl methyl sites for hydroxylation is 2. The molecule has 5 aromatic rings. The number of ether oxygens (including phenoxy) is 3. The summed E-state index contributed by atoms with van der Waals surface area (Å²) in [6.07, 6.45) is 2.54. The fourth-order valence-electron chi connectivity index (χ4n) is 5.24. The number of unbranched alkanes of at least 4 members (excludes halogenated alkanes) is 1. The summed E-state index contributed by atoms with van der Waals surface area (Å²) in [6.45, 7) is 6.32. The fourth-order valence-corrected chi connectivity index (χ4v) is 5.24. The number of carbonyl (C=O) groups excluding carboxylic acids is 1. The molecular weight excluding hydrogens is 508 g/mol. The molecule has 0 fully saturated rings. The van der Waals surface area contributed by atoms with Crippen LogP contribution < -0.4 is 24.8 Å². The Kier molecular flexibility index (Phi) is 7.95. The average Bonchev–Trinajstić information content (AvgIpc) is 3.58. The smallest absolute Gasteiger partial charge is 0.267 e. The van der Waals surface area contributed by atoms with Gasteiger partial charge >= 0.3 is 0 Å². The Morgan fingerprint density at radius 3 is 2.52 bits per heavy atom. The summed E-state index contributed by atoms with van der Waals surface area (Å²) in [7, 11) is 4.68. The van der Waals surface area contributed by atoms with Gasteiger partial charge in [0.15, 0.2) is 17.3 Å². The van der Waals surface area contributed by atoms with E-state index in [-0.39, 0.29) is 5.91 Å². The van der Waals surface area contributed by atoms with Gasteiger partial charge in [-0.1, -0.05) is 25.1 Å². The lowest BCUT2D eigenvalue weighted by molar-refractivity contribution is 0.0948. The molecule has 3 aromatic heterocycles. The maximum Gasteiger partial charge on any atom is 0.267 e. The van der Waals surface area contributed by atoms with Gasteiger partial charge in [0.2, 0.25) is 5.75 Å². The zero-order valence-corrected chi connectivity index (χ0v) is 23.7. The number of benzene rings is 2. The number of rotatable bonds is 12. The minimum atomic E-state index is -0.175. The van der Waals surface area contributed by atoms with Crippen LogP contribution in [0.4, 0.5) is 5.82 Å². The Bertz CT molecular complexity index is 1670. The van der Waals surface area contributed by atoms with E-state index in [9.17, 15) is 4.79 Å². The number of para-hydroxylation sites is 1. The van der Waals surface area contributed by atoms with Crippen LogP contribution in [-0.2, 0) is 13.0 Å². The second-order valence-electron chi connectivity index (χ2n) is 9.49. The minimum Gasteiger partial charge on any atom is -0.493 e. The quantitative estimate of drug-likeness (QED) is 0.183. The van der Waals surface area contributed by atoms with Crippen molar-refractivity contribution >= 4 is 44.6 Å². The van der Waals surface area contributed by atoms with Crippen molar-refractivity contribution in [2.75, 3.05) is 39.7 Å². The van der Waals surface area contributed by atoms with Gasteiger partial charge in [-0.25, -0.2) is 9.97 Å². The molecule has 0 aliphatic rings. The number of carbonyl (C=O) groups is 1. The lowest BCUT2D eigenvalue weighted by atomic mass is 10.1. The summed E-state index contributed by atoms with van der Waals surface area (Å²) >= 11 is 0. The number of nitrogens with zero attached hydrogens (tertiary/aromatic N) is 3. The second kappa shape index (κ2) is 11.7. The molecule has 0 unspecified atom stereocenters. The molecule has 0 atom stereocenters. The first-order chi connectivity index (χ1) is 19.5. The van der Waals surface area contributed by atoms with Crippen molar-refractivity contribution in [3.63, 3.8) is 0 Å². The van der Waals surface area contributed by atoms with Gasteiger partial charge in [0.1, 0.15) is 17.0 Å². The normalized spacial score (nSPS) is 11.3. The topological polar surface area (TPSA) is 115 Å². The number of aromatic nitrogens is 4. The summed E-state index contributed by atoms with van der Waals surface area (Å²) in [5.41, 5.74) is 4.11. The number of amides is 1. The van der Waals surface area contributed by atoms with Crippen molar-refractivity contribution in [1.82, 2.24) is 24.8 Å². The highest BCUT2D eigenvalue weighted by Gasteiger charge is 2.20. The Hall–Kier alpha value is -4.47. The predicted molar refractivity (Wildman–Crippen MR) is 158 cm³/mol. The second-order valence-corrected chi connectivity index (χ2v) is 9.49. The van der Waals surface area contributed by atoms with Gasteiger partial charge < -0.3 is 34.4 Å². The highest BCUT2D eigenvalue weighted by Crippen LogP contribution is 2.43. The molecule has 10 nitrogen and oxygen atoms in total. The molecule has 0 aliphatic carbocycles. The lowest BCUT2D eigenvalue weighted by Crippen LogP contribution is -2.25. The van der Waals surface area contributed by atoms with Crippen LogP contribution in [0.3, 0.4) is 0 Å². The molecule has 40 heavy (non-hydrogen) atoms. The maximum atomic E-state index is 13.0. The van der Waals surface area contributed by atoms with E-state index in [1.54, 1.807) is 27.4 Å². The molecule has 0 aliphatic heterocycles. The van der Waals surface area contributed by atoms with Gasteiger partial charge in [-0.05, 0) is 38.0 Å². The van der Waals surface area contributed by atoms with Gasteiger partial charge in [-0.3, -0.25) is 4.79 Å². The zero-order chi connectivity index (χ0) is 28.2. The minimum absolute atomic E-state index is 0.175. The van der Waals surface area contributed by atoms with Gasteiger partial charge in [0.05, 0.1) is 37.9 Å². The molecule has 0 bridgehead atoms. The monoisotopic (exact) mass is 544 g/mol. The van der Waals surface area contributed by atoms with Gasteiger partial charge in [-0.15, -0.1) is 0 Å². The molecule has 3 heterocycles. The van der Waals surface area contributed by atoms with E-state index in [0.29, 0.717) is 35.0 Å². The Morgan fingerprint density at radius 2 is 1.80 bits per heavy atom. The zero-order valence-electron chi connectivity index (χ0n) is 23.7. The van der Waals surface area contributed by atoms with Gasteiger partial charge in [0.25, 0.3) is 5.91 Å². The fraction of sp³-hybridized carbons (Fsp3) is 0.367. The number of fused-ring (bicyclic) bond motifs is 4. The number of imidazole rings is 1. The van der Waals surface area contributed by atoms with Crippen LogP contribution in [0.25, 0.3) is 32.8 Å². The third-order valence-corrected chi connectivity index (χ3v) is 7.08. The molecule has 0 saturated carbocycles. The Labute approximate surface area is 233 Å². The molecule has 210 valence electrons. The summed E-state index contributed by atoms with van der Waals surface area (Å²) in [5.74, 6) is 3.20. The van der Waals surface area contributed by atoms with E-state index in [2.05, 4.69) is 40.1 Å². The predicted octanol–water partition coefficient (Wildman–Crippen LogP) is 5.30. The Balaban J connectivity index is 1.29. The van der Waals surface area contributed by atoms with E-state index in [4.69, 9.17) is 24.2 Å². The number of aromatic amines is 1. The highest BCUT2D eigenvalue weighted by atomic mass is 16.5. The van der Waals surface area contributed by atoms with Crippen LogP contribution in [0.15, 0.2) is 36.4 Å². The van der Waals surface area contributed by atoms with Crippen molar-refractivity contribution in [3.8, 4) is 17.2 Å². The van der Waals surface area contributed by atoms with Crippen LogP contribution in [0.5, 0.6) is 17.2 Å². The summed E-state index contributed by atoms with van der Waals surface area (Å²) in [4.78, 5) is 25.9. The van der Waals surface area contributed by atoms with E-state index >= 15 is 0 Å². The van der Waals surface area contributed by atoms with E-state index in [1.807, 2.05) is 24.3 Å². The highest BCUT2D eigenvalue weighted by molar-refractivity contribution is 6.07. The van der Waals surface area contributed by atoms with E-state index in [1.165, 1.54) is 0 Å². The van der Waals surface area contributed by atoms with Crippen molar-refractivity contribution in [3.05, 3.63) is 47.9 Å². The largest absolute Gasteiger partial charge is 0.493 e. The summed E-state index contributed by atoms with van der Waals surface area (Å²) < 4.78 is 18.8. The number of pyridine rings is 1. The third kappa shape index (κ3) is 4.85. The van der Waals surface area contributed by atoms with Crippen molar-refractivity contribution in [2.45, 2.75) is 39.7 Å². The molecule has 1 amide bonds. The first kappa shape index (κ1) is 27.1. The third-order valence-electron chi connectivity index (χ3n) is 7.08. The molecule has 0 radical (unpaired) electrons. The molecule has 2 aromatic carbocycles. The number of methoxy groups -OCH3 is 3. The lowest BCUT2D eigenvalue weighted by Gasteiger charge is -2.12. The van der Waals surface area contributed by atoms with Crippen LogP contribution in [0, 0.1) is 0 Å². The van der Waals surface area contributed by atoms with Crippen molar-refractivity contribution in [1.29, 1.82) is 0 Å². The SMILES string of the molecule is CCNc1nc2ccccc2c2c1nc(CC)n2CCCCNC(=O)c1cc2cc(OC)c(OC)c(OC)c2[nH]1. The van der Waals surface area contributed by atoms with Crippen LogP contribution in [-0.4, -0.2) is 59.8 Å². The molecule has 0 saturated heterocycles. The number of H-pyrrole nitrogens is 1. The van der Waals surface area contributed by atoms with E-state index in [0.717, 1.165) is 71.3 Å². The first-order valence-corrected chi connectivity index (χ1v) is 13.7. The van der Waals surface area contributed by atoms with Crippen molar-refractivity contribution < 1.29 is 19.0 Å². The van der Waals surface area contributed by atoms with Crippen molar-refractivity contribution in [2.24, 2.45) is 0 Å². The number of anilines is 1. The maximum absolute atomic E-state index is 13.0. The Morgan fingerprint density at radius 1 is 1.00 bits per heavy atom. The number of hydrogen-bond donors (Lipinski definition) is 3. The van der Waals surface area contributed by atoms with Gasteiger partial charge in [0, 0.05) is 36.8 Å². The standard InChI is InChI=1S/C30H36N6O4/c1-6-23-35-25-26(19-12-8-9-13-20(19)34-29(25)31-7-2)36(23)15-11-10-14-32-30(37)21-16-18-17-22(38-3)27(39-4)28(40-5)24(18)33-21/h8-9,12-13,16-17,33H,6-7,10-11,14-15H2,1-5H3,(H,31,34)(H,32,37). The van der Waals surface area contributed by atoms with Crippen LogP contribution in [0.2, 0.25) is 0 Å². The van der Waals surface area contributed by atoms with Crippen LogP contribution in [0.1, 0.15) is 43.0 Å². The molecule has 0 spiro atoms. The molecular formula is C30H36N6O4. The van der Waals surface area contributed by atoms with E-state index < -0.39 is 0 Å². The van der Waals surface area contributed by atoms with Crippen LogP contribution >= 0.6 is 0 Å². The number of nitrogens with one attached hydrogen (secondary N) is 3. The number of hydrogen-bond acceptors (Lipinski definition) is 7. The summed E-state index contributed by atoms with van der Waals surface area (Å²) in [5, 5.41) is 8.32.